The quantitative estimate of drug-likeness (QED) is 0.626. The highest BCUT2D eigenvalue weighted by Gasteiger charge is 2.07. The smallest absolute Gasteiger partial charge is 0.0746 e. The summed E-state index contributed by atoms with van der Waals surface area (Å²) in [6.45, 7) is 9.98. The molecule has 0 fully saturated rings. The lowest BCUT2D eigenvalue weighted by Crippen LogP contribution is -2.13. The molecule has 0 heterocycles. The molecule has 1 nitrogen and oxygen atoms in total. The van der Waals surface area contributed by atoms with Crippen LogP contribution in [-0.2, 0) is 0 Å². The van der Waals surface area contributed by atoms with E-state index in [1.54, 1.807) is 6.08 Å². The van der Waals surface area contributed by atoms with E-state index in [-0.39, 0.29) is 12.0 Å². The molecule has 0 radical (unpaired) electrons. The van der Waals surface area contributed by atoms with Crippen LogP contribution < -0.4 is 0 Å². The van der Waals surface area contributed by atoms with E-state index in [0.29, 0.717) is 5.92 Å². The number of rotatable bonds is 6. The van der Waals surface area contributed by atoms with Crippen molar-refractivity contribution in [2.24, 2.45) is 11.8 Å². The van der Waals surface area contributed by atoms with E-state index in [4.69, 9.17) is 0 Å². The summed E-state index contributed by atoms with van der Waals surface area (Å²) in [5.41, 5.74) is 0. The van der Waals surface area contributed by atoms with Crippen molar-refractivity contribution in [3.05, 3.63) is 24.8 Å². The van der Waals surface area contributed by atoms with Crippen molar-refractivity contribution < 1.29 is 5.11 Å². The maximum atomic E-state index is 9.40. The lowest BCUT2D eigenvalue weighted by molar-refractivity contribution is 0.164. The second-order valence-corrected chi connectivity index (χ2v) is 3.75. The normalized spacial score (nSPS) is 18.5. The lowest BCUT2D eigenvalue weighted by atomic mass is 9.99. The fraction of sp³-hybridized carbons (Fsp3) is 0.667. The van der Waals surface area contributed by atoms with Gasteiger partial charge in [0, 0.05) is 0 Å². The molecule has 1 heteroatoms. The van der Waals surface area contributed by atoms with Crippen LogP contribution in [0, 0.1) is 11.8 Å². The summed E-state index contributed by atoms with van der Waals surface area (Å²) in [5.74, 6) is 0.922. The van der Waals surface area contributed by atoms with Crippen LogP contribution in [0.5, 0.6) is 0 Å². The van der Waals surface area contributed by atoms with E-state index in [1.807, 2.05) is 6.92 Å². The predicted molar refractivity (Wildman–Crippen MR) is 58.6 cm³/mol. The molecule has 0 aromatic heterocycles. The third-order valence-corrected chi connectivity index (χ3v) is 2.44. The summed E-state index contributed by atoms with van der Waals surface area (Å²) in [7, 11) is 0. The molecule has 0 aliphatic rings. The molecule has 0 aliphatic carbocycles. The second-order valence-electron chi connectivity index (χ2n) is 3.75. The summed E-state index contributed by atoms with van der Waals surface area (Å²) in [4.78, 5) is 0. The number of hydrogen-bond acceptors (Lipinski definition) is 1. The van der Waals surface area contributed by atoms with E-state index in [1.165, 1.54) is 6.42 Å². The molecular weight excluding hydrogens is 160 g/mol. The Bertz CT molecular complexity index is 161. The summed E-state index contributed by atoms with van der Waals surface area (Å²) in [6.07, 6.45) is 7.70. The van der Waals surface area contributed by atoms with Crippen LogP contribution in [-0.4, -0.2) is 11.2 Å². The topological polar surface area (TPSA) is 20.2 Å². The van der Waals surface area contributed by atoms with Gasteiger partial charge in [0.15, 0.2) is 0 Å². The first-order valence-corrected chi connectivity index (χ1v) is 5.09. The molecule has 0 aromatic carbocycles. The zero-order valence-corrected chi connectivity index (χ0v) is 9.03. The summed E-state index contributed by atoms with van der Waals surface area (Å²) < 4.78 is 0. The Hall–Kier alpha value is -0.560. The Morgan fingerprint density at radius 3 is 2.46 bits per heavy atom. The second kappa shape index (κ2) is 6.90. The zero-order chi connectivity index (χ0) is 10.3. The number of allylic oxidation sites excluding steroid dienone is 2. The molecule has 0 bridgehead atoms. The van der Waals surface area contributed by atoms with Crippen molar-refractivity contribution in [2.75, 3.05) is 0 Å². The monoisotopic (exact) mass is 182 g/mol. The van der Waals surface area contributed by atoms with Crippen molar-refractivity contribution in [3.63, 3.8) is 0 Å². The van der Waals surface area contributed by atoms with Crippen molar-refractivity contribution in [2.45, 2.75) is 39.7 Å². The van der Waals surface area contributed by atoms with Crippen LogP contribution in [0.15, 0.2) is 24.8 Å². The van der Waals surface area contributed by atoms with Crippen molar-refractivity contribution in [3.8, 4) is 0 Å². The number of hydrogen-bond donors (Lipinski definition) is 1. The largest absolute Gasteiger partial charge is 0.389 e. The van der Waals surface area contributed by atoms with Gasteiger partial charge in [0.1, 0.15) is 0 Å². The Labute approximate surface area is 82.2 Å². The Morgan fingerprint density at radius 2 is 2.00 bits per heavy atom. The molecular formula is C12H22O. The lowest BCUT2D eigenvalue weighted by Gasteiger charge is -2.12. The molecule has 0 saturated heterocycles. The fourth-order valence-electron chi connectivity index (χ4n) is 1.03. The summed E-state index contributed by atoms with van der Waals surface area (Å²) >= 11 is 0. The van der Waals surface area contributed by atoms with Gasteiger partial charge in [0.05, 0.1) is 6.10 Å². The van der Waals surface area contributed by atoms with Gasteiger partial charge < -0.3 is 5.11 Å². The van der Waals surface area contributed by atoms with Crippen LogP contribution in [0.2, 0.25) is 0 Å². The molecule has 3 unspecified atom stereocenters. The molecule has 0 amide bonds. The zero-order valence-electron chi connectivity index (χ0n) is 9.03. The van der Waals surface area contributed by atoms with E-state index >= 15 is 0 Å². The average Bonchev–Trinajstić information content (AvgIpc) is 2.15. The van der Waals surface area contributed by atoms with Gasteiger partial charge in [-0.25, -0.2) is 0 Å². The number of aliphatic hydroxyl groups is 1. The molecule has 0 saturated carbocycles. The van der Waals surface area contributed by atoms with Gasteiger partial charge in [-0.15, -0.1) is 6.58 Å². The first-order chi connectivity index (χ1) is 6.11. The minimum Gasteiger partial charge on any atom is -0.389 e. The third-order valence-electron chi connectivity index (χ3n) is 2.44. The molecule has 1 N–H and O–H groups in total. The SMILES string of the molecule is C=CC(O)C(C)C/C=C/C(C)CC. The van der Waals surface area contributed by atoms with Crippen molar-refractivity contribution >= 4 is 0 Å². The first-order valence-electron chi connectivity index (χ1n) is 5.09. The van der Waals surface area contributed by atoms with Crippen LogP contribution in [0.1, 0.15) is 33.6 Å². The Kier molecular flexibility index (Phi) is 6.61. The van der Waals surface area contributed by atoms with Crippen LogP contribution in [0.25, 0.3) is 0 Å². The summed E-state index contributed by atoms with van der Waals surface area (Å²) in [5, 5.41) is 9.40. The molecule has 0 rings (SSSR count). The van der Waals surface area contributed by atoms with Crippen LogP contribution >= 0.6 is 0 Å². The van der Waals surface area contributed by atoms with E-state index < -0.39 is 0 Å². The van der Waals surface area contributed by atoms with Gasteiger partial charge in [-0.1, -0.05) is 45.4 Å². The third kappa shape index (κ3) is 5.64. The van der Waals surface area contributed by atoms with Crippen molar-refractivity contribution in [1.29, 1.82) is 0 Å². The highest BCUT2D eigenvalue weighted by atomic mass is 16.3. The van der Waals surface area contributed by atoms with Gasteiger partial charge in [-0.3, -0.25) is 0 Å². The standard InChI is InChI=1S/C12H22O/c1-5-10(3)8-7-9-11(4)12(13)6-2/h6-8,10-13H,2,5,9H2,1,3-4H3/b8-7+. The molecule has 3 atom stereocenters. The van der Waals surface area contributed by atoms with Crippen LogP contribution in [0.3, 0.4) is 0 Å². The highest BCUT2D eigenvalue weighted by molar-refractivity contribution is 4.91. The molecule has 0 aromatic rings. The maximum absolute atomic E-state index is 9.40. The van der Waals surface area contributed by atoms with Gasteiger partial charge >= 0.3 is 0 Å². The van der Waals surface area contributed by atoms with Crippen LogP contribution in [0.4, 0.5) is 0 Å². The summed E-state index contributed by atoms with van der Waals surface area (Å²) in [6, 6.07) is 0. The number of aliphatic hydroxyl groups excluding tert-OH is 1. The Balaban J connectivity index is 3.74. The maximum Gasteiger partial charge on any atom is 0.0746 e. The van der Waals surface area contributed by atoms with E-state index in [9.17, 15) is 5.11 Å². The molecule has 13 heavy (non-hydrogen) atoms. The molecule has 76 valence electrons. The van der Waals surface area contributed by atoms with E-state index in [2.05, 4.69) is 32.6 Å². The minimum absolute atomic E-state index is 0.276. The average molecular weight is 182 g/mol. The Morgan fingerprint density at radius 1 is 1.38 bits per heavy atom. The van der Waals surface area contributed by atoms with Gasteiger partial charge in [-0.2, -0.15) is 0 Å². The highest BCUT2D eigenvalue weighted by Crippen LogP contribution is 2.11. The van der Waals surface area contributed by atoms with Gasteiger partial charge in [0.25, 0.3) is 0 Å². The minimum atomic E-state index is -0.374. The molecule has 0 spiro atoms. The van der Waals surface area contributed by atoms with Gasteiger partial charge in [-0.05, 0) is 18.3 Å². The first kappa shape index (κ1) is 12.4. The van der Waals surface area contributed by atoms with Crippen molar-refractivity contribution in [1.82, 2.24) is 0 Å². The molecule has 0 aliphatic heterocycles. The fourth-order valence-corrected chi connectivity index (χ4v) is 1.03. The predicted octanol–water partition coefficient (Wildman–Crippen LogP) is 3.16. The van der Waals surface area contributed by atoms with Gasteiger partial charge in [0.2, 0.25) is 0 Å². The van der Waals surface area contributed by atoms with E-state index in [0.717, 1.165) is 6.42 Å².